The van der Waals surface area contributed by atoms with Crippen LogP contribution in [0.5, 0.6) is 0 Å². The van der Waals surface area contributed by atoms with Crippen molar-refractivity contribution < 1.29 is 101 Å². The summed E-state index contributed by atoms with van der Waals surface area (Å²) in [6.07, 6.45) is -20.1. The molecule has 27 nitrogen and oxygen atoms in total. The normalized spacial score (nSPS) is 33.2. The Labute approximate surface area is 527 Å². The van der Waals surface area contributed by atoms with Crippen LogP contribution in [-0.2, 0) is 76.5 Å². The second-order valence-electron chi connectivity index (χ2n) is 25.5. The van der Waals surface area contributed by atoms with E-state index in [1.54, 1.807) is 78.9 Å². The van der Waals surface area contributed by atoms with Gasteiger partial charge in [-0.2, -0.15) is 0 Å². The Hall–Kier alpha value is -7.25. The van der Waals surface area contributed by atoms with Crippen molar-refractivity contribution in [3.63, 3.8) is 0 Å². The maximum atomic E-state index is 13.9. The summed E-state index contributed by atoms with van der Waals surface area (Å²) >= 11 is 0. The molecular weight excluding hydrogens is 1200 g/mol. The number of allylic oxidation sites excluding steroid dienone is 1. The number of carbonyl (C=O) groups is 7. The zero-order chi connectivity index (χ0) is 65.3. The highest BCUT2D eigenvalue weighted by atomic mass is 28.4. The first kappa shape index (κ1) is 68.1. The van der Waals surface area contributed by atoms with Crippen LogP contribution in [-0.4, -0.2) is 188 Å². The fourth-order valence-corrected chi connectivity index (χ4v) is 13.2. The smallest absolute Gasteiger partial charge is 0.407 e. The molecule has 0 bridgehead atoms. The Morgan fingerprint density at radius 1 is 0.571 bits per heavy atom. The third kappa shape index (κ3) is 17.3. The van der Waals surface area contributed by atoms with Gasteiger partial charge in [-0.05, 0) is 59.7 Å². The second kappa shape index (κ2) is 30.0. The second-order valence-corrected chi connectivity index (χ2v) is 30.3. The minimum Gasteiger partial charge on any atom is -0.445 e. The van der Waals surface area contributed by atoms with Gasteiger partial charge in [-0.25, -0.2) is 24.0 Å². The number of fused-ring (bicyclic) bond motifs is 2. The van der Waals surface area contributed by atoms with E-state index in [-0.39, 0.29) is 51.7 Å². The van der Waals surface area contributed by atoms with E-state index in [1.165, 1.54) is 0 Å². The van der Waals surface area contributed by atoms with Gasteiger partial charge in [-0.1, -0.05) is 126 Å². The lowest BCUT2D eigenvalue weighted by Crippen LogP contribution is -2.72. The van der Waals surface area contributed by atoms with Gasteiger partial charge in [0, 0.05) is 24.3 Å². The first-order chi connectivity index (χ1) is 43.3. The highest BCUT2D eigenvalue weighted by Gasteiger charge is 2.57. The number of carbonyl (C=O) groups excluding carboxylic acids is 7. The Morgan fingerprint density at radius 3 is 1.56 bits per heavy atom. The number of rotatable bonds is 20. The third-order valence-corrected chi connectivity index (χ3v) is 22.6. The molecule has 3 aromatic rings. The quantitative estimate of drug-likeness (QED) is 0.0436. The van der Waals surface area contributed by atoms with Gasteiger partial charge in [-0.3, -0.25) is 9.59 Å². The highest BCUT2D eigenvalue weighted by molar-refractivity contribution is 6.74. The Bertz CT molecular complexity index is 3020. The average molecular weight is 1290 g/mol. The van der Waals surface area contributed by atoms with Crippen molar-refractivity contribution in [3.05, 3.63) is 120 Å². The molecule has 9 rings (SSSR count). The minimum atomic E-state index is -2.83. The molecule has 3 aromatic carbocycles. The number of alkyl carbamates (subject to hydrolysis) is 5. The van der Waals surface area contributed by atoms with Crippen molar-refractivity contribution in [2.45, 2.75) is 196 Å². The van der Waals surface area contributed by atoms with Gasteiger partial charge < -0.3 is 99.4 Å². The molecule has 10 N–H and O–H groups in total. The maximum Gasteiger partial charge on any atom is 0.407 e. The van der Waals surface area contributed by atoms with Crippen molar-refractivity contribution in [1.29, 1.82) is 0 Å². The van der Waals surface area contributed by atoms with Gasteiger partial charge >= 0.3 is 30.5 Å². The largest absolute Gasteiger partial charge is 0.445 e. The van der Waals surface area contributed by atoms with E-state index in [0.29, 0.717) is 16.7 Å². The summed E-state index contributed by atoms with van der Waals surface area (Å²) in [5.41, 5.74) is 2.02. The van der Waals surface area contributed by atoms with Crippen LogP contribution in [0, 0.1) is 17.8 Å². The number of nitrogens with one attached hydrogen (secondary N) is 6. The van der Waals surface area contributed by atoms with Crippen molar-refractivity contribution >= 4 is 50.5 Å². The van der Waals surface area contributed by atoms with E-state index in [1.807, 2.05) is 59.8 Å². The highest BCUT2D eigenvalue weighted by Crippen LogP contribution is 2.42. The van der Waals surface area contributed by atoms with Crippen LogP contribution in [0.2, 0.25) is 18.1 Å². The SMILES string of the molecule is CC1[C@@H](O[C@@H]2C(NC(=O)OCc3ccccc3)C[C@@H](CC(=O)/C=C/C(=O)N[C@@H]3CC(NC(=O)OCc4ccccc4)[C@@H](O[C@H]4O[C@@H]5CNC(=O)O[C@H]5C(O[Si](C)(C)C(C)(C)C)C4NC(=O)OCc4ccccc4)C(O)C3O)C(O)[C@H]2O)OC2CNC(=O)O[C@H]2[C@@H]1C. The summed E-state index contributed by atoms with van der Waals surface area (Å²) in [7, 11) is -2.83. The summed E-state index contributed by atoms with van der Waals surface area (Å²) in [5, 5.41) is 63.2. The predicted molar refractivity (Wildman–Crippen MR) is 322 cm³/mol. The molecule has 91 heavy (non-hydrogen) atoms. The van der Waals surface area contributed by atoms with Crippen LogP contribution < -0.4 is 31.9 Å². The number of ketones is 1. The van der Waals surface area contributed by atoms with Crippen LogP contribution in [0.15, 0.2) is 103 Å². The fraction of sp³-hybridized carbons (Fsp3) is 0.571. The molecule has 0 radical (unpaired) electrons. The van der Waals surface area contributed by atoms with E-state index >= 15 is 0 Å². The lowest BCUT2D eigenvalue weighted by Gasteiger charge is -2.52. The number of ether oxygens (including phenoxy) is 9. The summed E-state index contributed by atoms with van der Waals surface area (Å²) in [5.74, 6) is -3.28. The molecule has 4 saturated heterocycles. The van der Waals surface area contributed by atoms with Crippen LogP contribution in [0.25, 0.3) is 0 Å². The number of amides is 6. The molecule has 4 aliphatic heterocycles. The molecule has 4 heterocycles. The van der Waals surface area contributed by atoms with Crippen molar-refractivity contribution in [2.75, 3.05) is 13.1 Å². The Balaban J connectivity index is 0.908. The van der Waals surface area contributed by atoms with E-state index in [0.717, 1.165) is 12.2 Å². The topological polar surface area (TPSA) is 365 Å². The molecule has 2 aliphatic carbocycles. The van der Waals surface area contributed by atoms with Crippen molar-refractivity contribution in [3.8, 4) is 0 Å². The van der Waals surface area contributed by atoms with Gasteiger partial charge in [0.05, 0.1) is 37.3 Å². The monoisotopic (exact) mass is 1290 g/mol. The molecule has 6 fully saturated rings. The molecule has 6 amide bonds. The number of hydrogen-bond acceptors (Lipinski definition) is 21. The van der Waals surface area contributed by atoms with E-state index in [9.17, 15) is 54.0 Å². The van der Waals surface area contributed by atoms with Crippen LogP contribution in [0.3, 0.4) is 0 Å². The number of hydrogen-bond donors (Lipinski definition) is 10. The summed E-state index contributed by atoms with van der Waals surface area (Å²) < 4.78 is 60.9. The minimum absolute atomic E-state index is 0.0846. The molecule has 0 aromatic heterocycles. The zero-order valence-electron chi connectivity index (χ0n) is 51.7. The van der Waals surface area contributed by atoms with E-state index in [4.69, 9.17) is 47.1 Å². The molecule has 0 spiro atoms. The van der Waals surface area contributed by atoms with Crippen LogP contribution in [0.4, 0.5) is 24.0 Å². The Kier molecular flexibility index (Phi) is 22.5. The summed E-state index contributed by atoms with van der Waals surface area (Å²) in [6.45, 7) is 13.2. The maximum absolute atomic E-state index is 13.9. The number of aliphatic hydroxyl groups is 4. The average Bonchev–Trinajstić information content (AvgIpc) is 0.777. The van der Waals surface area contributed by atoms with Crippen LogP contribution >= 0.6 is 0 Å². The molecule has 20 atom stereocenters. The molecule has 9 unspecified atom stereocenters. The lowest BCUT2D eigenvalue weighted by atomic mass is 9.76. The molecule has 2 saturated carbocycles. The molecule has 496 valence electrons. The van der Waals surface area contributed by atoms with Gasteiger partial charge in [-0.15, -0.1) is 0 Å². The third-order valence-electron chi connectivity index (χ3n) is 18.2. The van der Waals surface area contributed by atoms with E-state index < -0.39 is 178 Å². The predicted octanol–water partition coefficient (Wildman–Crippen LogP) is 3.84. The first-order valence-electron chi connectivity index (χ1n) is 30.7. The van der Waals surface area contributed by atoms with Crippen molar-refractivity contribution in [2.24, 2.45) is 17.8 Å². The fourth-order valence-electron chi connectivity index (χ4n) is 11.9. The van der Waals surface area contributed by atoms with Crippen LogP contribution in [0.1, 0.15) is 70.6 Å². The van der Waals surface area contributed by atoms with Gasteiger partial charge in [0.15, 0.2) is 32.8 Å². The first-order valence-corrected chi connectivity index (χ1v) is 33.6. The lowest BCUT2D eigenvalue weighted by molar-refractivity contribution is -0.298. The van der Waals surface area contributed by atoms with Gasteiger partial charge in [0.2, 0.25) is 5.91 Å². The summed E-state index contributed by atoms with van der Waals surface area (Å²) in [6, 6.07) is 21.5. The molecule has 6 aliphatic rings. The molecular formula is C63H84N6O21Si. The standard InChI is InChI=1S/C63H84N6O21Si/c1-33-34(2)56(84-43-28-64-58(76)88-51(33)43)86-52-41(67-60(78)81-30-35-17-11-8-12-18-35)26-38(47(72)49(52)74)25-39(70)23-24-45(71)66-40-27-42(68-61(79)82-31-36-19-13-9-14-20-36)53(50(75)48(40)73)87-57-46(69-62(80)83-32-37-21-15-10-16-22-37)55(90-91(6,7)63(3,4)5)54-44(85-57)29-65-59(77)89-54/h8-24,33-34,38,40-44,46-57,72-75H,25-32H2,1-7H3,(H,64,76)(H,65,77)(H,66,71)(H,67,78)(H,68,79)(H,69,80)/b24-23+/t33-,34?,38-,40-,41?,42?,43?,44-,46?,47?,48?,49-,50?,51+,52-,53-,54-,55?,56-,57-/m1/s1. The summed E-state index contributed by atoms with van der Waals surface area (Å²) in [4.78, 5) is 93.6. The number of benzene rings is 3. The van der Waals surface area contributed by atoms with Gasteiger partial charge in [0.1, 0.15) is 80.8 Å². The zero-order valence-corrected chi connectivity index (χ0v) is 52.7. The van der Waals surface area contributed by atoms with Crippen molar-refractivity contribution in [1.82, 2.24) is 31.9 Å². The van der Waals surface area contributed by atoms with Gasteiger partial charge in [0.25, 0.3) is 0 Å². The molecule has 28 heteroatoms. The van der Waals surface area contributed by atoms with E-state index in [2.05, 4.69) is 31.9 Å². The number of aliphatic hydroxyl groups excluding tert-OH is 4. The Morgan fingerprint density at radius 2 is 1.03 bits per heavy atom.